The van der Waals surface area contributed by atoms with E-state index in [0.717, 1.165) is 18.1 Å². The third-order valence-electron chi connectivity index (χ3n) is 2.99. The van der Waals surface area contributed by atoms with Crippen LogP contribution in [0, 0.1) is 5.92 Å². The molecule has 0 aromatic rings. The maximum absolute atomic E-state index is 11.5. The van der Waals surface area contributed by atoms with E-state index >= 15 is 0 Å². The molecule has 0 aromatic carbocycles. The highest BCUT2D eigenvalue weighted by molar-refractivity contribution is 8.77. The summed E-state index contributed by atoms with van der Waals surface area (Å²) in [5.41, 5.74) is 0. The summed E-state index contributed by atoms with van der Waals surface area (Å²) in [7, 11) is 3.94. The Balaban J connectivity index is 1.99. The van der Waals surface area contributed by atoms with Crippen molar-refractivity contribution in [1.82, 2.24) is 0 Å². The zero-order chi connectivity index (χ0) is 12.5. The number of aliphatic hydroxyl groups is 2. The van der Waals surface area contributed by atoms with Crippen molar-refractivity contribution in [1.29, 1.82) is 0 Å². The van der Waals surface area contributed by atoms with Crippen LogP contribution in [0.15, 0.2) is 0 Å². The van der Waals surface area contributed by atoms with Crippen molar-refractivity contribution in [2.45, 2.75) is 43.8 Å². The molecule has 17 heavy (non-hydrogen) atoms. The maximum atomic E-state index is 11.5. The van der Waals surface area contributed by atoms with Crippen LogP contribution in [0.25, 0.3) is 0 Å². The van der Waals surface area contributed by atoms with Gasteiger partial charge in [0.05, 0.1) is 0 Å². The molecule has 5 heteroatoms. The van der Waals surface area contributed by atoms with Gasteiger partial charge in [0.2, 0.25) is 0 Å². The summed E-state index contributed by atoms with van der Waals surface area (Å²) in [6.07, 6.45) is 5.51. The monoisotopic (exact) mass is 278 g/mol. The molecule has 0 aliphatic carbocycles. The van der Waals surface area contributed by atoms with Crippen molar-refractivity contribution in [2.75, 3.05) is 19.0 Å². The lowest BCUT2D eigenvalue weighted by molar-refractivity contribution is -0.120. The summed E-state index contributed by atoms with van der Waals surface area (Å²) in [6, 6.07) is 0. The Bertz CT molecular complexity index is 214. The van der Waals surface area contributed by atoms with Crippen molar-refractivity contribution in [3.63, 3.8) is 0 Å². The summed E-state index contributed by atoms with van der Waals surface area (Å²) in [6.45, 7) is -0.198. The molecule has 0 amide bonds. The van der Waals surface area contributed by atoms with Crippen molar-refractivity contribution < 1.29 is 15.0 Å². The first-order valence-electron chi connectivity index (χ1n) is 6.28. The smallest absolute Gasteiger partial charge is 0.133 e. The first kappa shape index (κ1) is 15.3. The summed E-state index contributed by atoms with van der Waals surface area (Å²) < 4.78 is 0. The Morgan fingerprint density at radius 2 is 2.06 bits per heavy atom. The van der Waals surface area contributed by atoms with E-state index in [9.17, 15) is 4.79 Å². The highest BCUT2D eigenvalue weighted by Gasteiger charge is 2.16. The first-order chi connectivity index (χ1) is 8.26. The van der Waals surface area contributed by atoms with Gasteiger partial charge in [0.25, 0.3) is 0 Å². The van der Waals surface area contributed by atoms with Gasteiger partial charge in [-0.25, -0.2) is 0 Å². The molecule has 0 saturated carbocycles. The second-order valence-corrected chi connectivity index (χ2v) is 7.34. The van der Waals surface area contributed by atoms with Gasteiger partial charge in [-0.3, -0.25) is 4.79 Å². The number of carbonyl (C=O) groups is 1. The van der Waals surface area contributed by atoms with Crippen LogP contribution in [-0.4, -0.2) is 40.2 Å². The second kappa shape index (κ2) is 9.25. The Labute approximate surface area is 111 Å². The number of Topliss-reactive ketones (excluding diaryl/α,β-unsaturated/α-hetero) is 1. The maximum Gasteiger partial charge on any atom is 0.133 e. The van der Waals surface area contributed by atoms with Crippen LogP contribution < -0.4 is 0 Å². The van der Waals surface area contributed by atoms with Gasteiger partial charge in [-0.15, -0.1) is 0 Å². The van der Waals surface area contributed by atoms with Crippen LogP contribution in [0.2, 0.25) is 0 Å². The Kier molecular flexibility index (Phi) is 8.35. The number of ketones is 1. The van der Waals surface area contributed by atoms with Crippen LogP contribution >= 0.6 is 21.6 Å². The molecule has 1 rings (SSSR count). The molecule has 1 atom stereocenters. The fourth-order valence-electron chi connectivity index (χ4n) is 1.87. The van der Waals surface area contributed by atoms with Crippen LogP contribution in [0.3, 0.4) is 0 Å². The van der Waals surface area contributed by atoms with Gasteiger partial charge in [0, 0.05) is 43.0 Å². The van der Waals surface area contributed by atoms with Crippen molar-refractivity contribution in [3.8, 4) is 0 Å². The number of rotatable bonds is 9. The second-order valence-electron chi connectivity index (χ2n) is 4.55. The summed E-state index contributed by atoms with van der Waals surface area (Å²) >= 11 is 0. The van der Waals surface area contributed by atoms with Crippen LogP contribution in [-0.2, 0) is 4.79 Å². The molecule has 2 N–H and O–H groups in total. The lowest BCUT2D eigenvalue weighted by atomic mass is 10.0. The normalized spacial score (nSPS) is 20.1. The van der Waals surface area contributed by atoms with Gasteiger partial charge in [-0.1, -0.05) is 28.0 Å². The van der Waals surface area contributed by atoms with Crippen LogP contribution in [0.1, 0.15) is 38.5 Å². The molecule has 1 saturated heterocycles. The molecule has 3 nitrogen and oxygen atoms in total. The van der Waals surface area contributed by atoms with Crippen molar-refractivity contribution >= 4 is 27.4 Å². The summed E-state index contributed by atoms with van der Waals surface area (Å²) in [5, 5.41) is 18.5. The third kappa shape index (κ3) is 6.70. The number of carbonyl (C=O) groups excluding carboxylic acids is 1. The van der Waals surface area contributed by atoms with E-state index < -0.39 is 0 Å². The molecule has 1 aliphatic rings. The lowest BCUT2D eigenvalue weighted by Gasteiger charge is -2.10. The van der Waals surface area contributed by atoms with E-state index in [1.807, 2.05) is 21.6 Å². The number of aliphatic hydroxyl groups excluding tert-OH is 2. The topological polar surface area (TPSA) is 57.5 Å². The highest BCUT2D eigenvalue weighted by Crippen LogP contribution is 2.39. The average molecular weight is 278 g/mol. The molecular formula is C12H22O3S2. The minimum absolute atomic E-state index is 0.0990. The lowest BCUT2D eigenvalue weighted by Crippen LogP contribution is -2.16. The molecule has 0 spiro atoms. The molecular weight excluding hydrogens is 256 g/mol. The SMILES string of the molecule is O=C(CCCCC1CCSS1)CC(CO)CO. The molecule has 1 heterocycles. The van der Waals surface area contributed by atoms with Crippen molar-refractivity contribution in [2.24, 2.45) is 5.92 Å². The zero-order valence-corrected chi connectivity index (χ0v) is 11.8. The van der Waals surface area contributed by atoms with E-state index in [4.69, 9.17) is 10.2 Å². The molecule has 0 aromatic heterocycles. The third-order valence-corrected chi connectivity index (χ3v) is 6.00. The minimum atomic E-state index is -0.260. The quantitative estimate of drug-likeness (QED) is 0.500. The summed E-state index contributed by atoms with van der Waals surface area (Å²) in [4.78, 5) is 11.5. The van der Waals surface area contributed by atoms with E-state index in [1.165, 1.54) is 18.6 Å². The van der Waals surface area contributed by atoms with Crippen molar-refractivity contribution in [3.05, 3.63) is 0 Å². The largest absolute Gasteiger partial charge is 0.396 e. The minimum Gasteiger partial charge on any atom is -0.396 e. The number of hydrogen-bond acceptors (Lipinski definition) is 5. The predicted molar refractivity (Wildman–Crippen MR) is 74.2 cm³/mol. The molecule has 1 fully saturated rings. The Morgan fingerprint density at radius 1 is 1.29 bits per heavy atom. The Hall–Kier alpha value is 0.290. The van der Waals surface area contributed by atoms with E-state index in [0.29, 0.717) is 12.8 Å². The molecule has 0 bridgehead atoms. The van der Waals surface area contributed by atoms with Gasteiger partial charge in [-0.2, -0.15) is 0 Å². The standard InChI is InChI=1S/C12H22O3S2/c13-8-10(9-14)7-11(15)3-1-2-4-12-5-6-16-17-12/h10,12-14H,1-9H2. The molecule has 100 valence electrons. The van der Waals surface area contributed by atoms with E-state index in [-0.39, 0.29) is 24.9 Å². The Morgan fingerprint density at radius 3 is 2.65 bits per heavy atom. The van der Waals surface area contributed by atoms with Crippen LogP contribution in [0.4, 0.5) is 0 Å². The highest BCUT2D eigenvalue weighted by atomic mass is 33.1. The molecule has 1 aliphatic heterocycles. The predicted octanol–water partition coefficient (Wildman–Crippen LogP) is 2.26. The van der Waals surface area contributed by atoms with Crippen LogP contribution in [0.5, 0.6) is 0 Å². The van der Waals surface area contributed by atoms with E-state index in [1.54, 1.807) is 0 Å². The fourth-order valence-corrected chi connectivity index (χ4v) is 4.90. The van der Waals surface area contributed by atoms with Gasteiger partial charge in [0.1, 0.15) is 5.78 Å². The van der Waals surface area contributed by atoms with Gasteiger partial charge in [0.15, 0.2) is 0 Å². The number of unbranched alkanes of at least 4 members (excludes halogenated alkanes) is 1. The van der Waals surface area contributed by atoms with Gasteiger partial charge >= 0.3 is 0 Å². The zero-order valence-electron chi connectivity index (χ0n) is 10.1. The van der Waals surface area contributed by atoms with Gasteiger partial charge < -0.3 is 10.2 Å². The number of hydrogen-bond donors (Lipinski definition) is 2. The molecule has 0 radical (unpaired) electrons. The van der Waals surface area contributed by atoms with Gasteiger partial charge in [-0.05, 0) is 19.3 Å². The summed E-state index contributed by atoms with van der Waals surface area (Å²) in [5.74, 6) is 1.18. The first-order valence-corrected chi connectivity index (χ1v) is 8.66. The van der Waals surface area contributed by atoms with E-state index in [2.05, 4.69) is 0 Å². The molecule has 1 unspecified atom stereocenters. The average Bonchev–Trinajstić information content (AvgIpc) is 2.84. The fraction of sp³-hybridized carbons (Fsp3) is 0.917.